The van der Waals surface area contributed by atoms with E-state index in [0.717, 1.165) is 10.4 Å². The first-order chi connectivity index (χ1) is 8.97. The van der Waals surface area contributed by atoms with Gasteiger partial charge in [0.1, 0.15) is 10.7 Å². The molecule has 2 aromatic rings. The van der Waals surface area contributed by atoms with Crippen molar-refractivity contribution in [3.05, 3.63) is 38.9 Å². The Kier molecular flexibility index (Phi) is 3.91. The van der Waals surface area contributed by atoms with Gasteiger partial charge in [-0.15, -0.1) is 11.3 Å². The number of thiophene rings is 1. The lowest BCUT2D eigenvalue weighted by atomic mass is 10.1. The summed E-state index contributed by atoms with van der Waals surface area (Å²) >= 11 is 4.41. The quantitative estimate of drug-likeness (QED) is 0.838. The lowest BCUT2D eigenvalue weighted by Crippen LogP contribution is -2.01. The number of anilines is 1. The van der Waals surface area contributed by atoms with Crippen molar-refractivity contribution in [2.45, 2.75) is 6.92 Å². The average Bonchev–Trinajstić information content (AvgIpc) is 2.69. The highest BCUT2D eigenvalue weighted by atomic mass is 79.9. The summed E-state index contributed by atoms with van der Waals surface area (Å²) in [7, 11) is 1.30. The minimum atomic E-state index is -0.482. The van der Waals surface area contributed by atoms with Crippen molar-refractivity contribution in [1.29, 1.82) is 0 Å². The molecule has 19 heavy (non-hydrogen) atoms. The Hall–Kier alpha value is -1.40. The summed E-state index contributed by atoms with van der Waals surface area (Å²) in [6, 6.07) is 4.75. The van der Waals surface area contributed by atoms with Crippen molar-refractivity contribution in [2.75, 3.05) is 12.8 Å². The maximum Gasteiger partial charge on any atom is 0.350 e. The summed E-state index contributed by atoms with van der Waals surface area (Å²) in [6.07, 6.45) is 0. The van der Waals surface area contributed by atoms with Gasteiger partial charge in [0.25, 0.3) is 0 Å². The van der Waals surface area contributed by atoms with E-state index in [-0.39, 0.29) is 5.82 Å². The molecule has 100 valence electrons. The van der Waals surface area contributed by atoms with Gasteiger partial charge in [0.2, 0.25) is 0 Å². The zero-order valence-corrected chi connectivity index (χ0v) is 12.7. The number of hydrogen-bond acceptors (Lipinski definition) is 4. The SMILES string of the molecule is COC(=O)c1sc(-c2cccc(F)c2Br)c(C)c1N. The Morgan fingerprint density at radius 2 is 2.16 bits per heavy atom. The molecule has 1 aromatic heterocycles. The summed E-state index contributed by atoms with van der Waals surface area (Å²) in [5.41, 5.74) is 7.70. The fourth-order valence-electron chi connectivity index (χ4n) is 1.71. The van der Waals surface area contributed by atoms with E-state index in [1.54, 1.807) is 19.1 Å². The maximum absolute atomic E-state index is 13.6. The van der Waals surface area contributed by atoms with Gasteiger partial charge in [0.05, 0.1) is 17.3 Å². The number of benzene rings is 1. The molecule has 0 bridgehead atoms. The minimum Gasteiger partial charge on any atom is -0.465 e. The van der Waals surface area contributed by atoms with Crippen LogP contribution in [0.25, 0.3) is 10.4 Å². The predicted molar refractivity (Wildman–Crippen MR) is 77.9 cm³/mol. The molecule has 1 heterocycles. The molecule has 0 aliphatic rings. The average molecular weight is 344 g/mol. The molecule has 0 saturated carbocycles. The zero-order chi connectivity index (χ0) is 14.2. The summed E-state index contributed by atoms with van der Waals surface area (Å²) in [5.74, 6) is -0.840. The Bertz CT molecular complexity index is 654. The number of carbonyl (C=O) groups excluding carboxylic acids is 1. The Balaban J connectivity index is 2.64. The normalized spacial score (nSPS) is 10.5. The first kappa shape index (κ1) is 14.0. The fourth-order valence-corrected chi connectivity index (χ4v) is 3.48. The maximum atomic E-state index is 13.6. The second-order valence-electron chi connectivity index (χ2n) is 3.89. The number of rotatable bonds is 2. The molecule has 0 unspecified atom stereocenters. The van der Waals surface area contributed by atoms with Crippen LogP contribution in [0.15, 0.2) is 22.7 Å². The molecular formula is C13H11BrFNO2S. The van der Waals surface area contributed by atoms with Crippen LogP contribution in [0.5, 0.6) is 0 Å². The molecule has 0 spiro atoms. The third kappa shape index (κ3) is 2.37. The summed E-state index contributed by atoms with van der Waals surface area (Å²) in [6.45, 7) is 1.80. The van der Waals surface area contributed by atoms with Crippen molar-refractivity contribution in [1.82, 2.24) is 0 Å². The second-order valence-corrected chi connectivity index (χ2v) is 5.71. The van der Waals surface area contributed by atoms with E-state index in [1.807, 2.05) is 0 Å². The summed E-state index contributed by atoms with van der Waals surface area (Å²) < 4.78 is 18.6. The van der Waals surface area contributed by atoms with Gasteiger partial charge in [0.15, 0.2) is 0 Å². The Morgan fingerprint density at radius 1 is 1.47 bits per heavy atom. The predicted octanol–water partition coefficient (Wildman–Crippen LogP) is 3.99. The van der Waals surface area contributed by atoms with E-state index >= 15 is 0 Å². The molecule has 2 rings (SSSR count). The third-order valence-corrected chi connectivity index (χ3v) is 4.89. The lowest BCUT2D eigenvalue weighted by molar-refractivity contribution is 0.0607. The molecule has 0 fully saturated rings. The number of hydrogen-bond donors (Lipinski definition) is 1. The largest absolute Gasteiger partial charge is 0.465 e. The number of carbonyl (C=O) groups is 1. The van der Waals surface area contributed by atoms with Crippen LogP contribution in [0.3, 0.4) is 0 Å². The molecule has 2 N–H and O–H groups in total. The van der Waals surface area contributed by atoms with E-state index < -0.39 is 5.97 Å². The van der Waals surface area contributed by atoms with Gasteiger partial charge >= 0.3 is 5.97 Å². The monoisotopic (exact) mass is 343 g/mol. The van der Waals surface area contributed by atoms with Gasteiger partial charge < -0.3 is 10.5 Å². The standard InChI is InChI=1S/C13H11BrFNO2S/c1-6-10(16)12(13(17)18-2)19-11(6)7-4-3-5-8(15)9(7)14/h3-5H,16H2,1-2H3. The van der Waals surface area contributed by atoms with Gasteiger partial charge in [-0.25, -0.2) is 9.18 Å². The highest BCUT2D eigenvalue weighted by Crippen LogP contribution is 2.41. The van der Waals surface area contributed by atoms with Crippen LogP contribution in [0.1, 0.15) is 15.2 Å². The van der Waals surface area contributed by atoms with Gasteiger partial charge in [0, 0.05) is 10.4 Å². The van der Waals surface area contributed by atoms with Crippen molar-refractivity contribution in [3.8, 4) is 10.4 Å². The number of halogens is 2. The third-order valence-electron chi connectivity index (χ3n) is 2.76. The molecule has 0 saturated heterocycles. The number of esters is 1. The van der Waals surface area contributed by atoms with Crippen LogP contribution in [-0.4, -0.2) is 13.1 Å². The smallest absolute Gasteiger partial charge is 0.350 e. The number of ether oxygens (including phenoxy) is 1. The molecular weight excluding hydrogens is 333 g/mol. The van der Waals surface area contributed by atoms with E-state index in [1.165, 1.54) is 24.5 Å². The molecule has 0 amide bonds. The zero-order valence-electron chi connectivity index (χ0n) is 10.3. The van der Waals surface area contributed by atoms with Gasteiger partial charge in [-0.2, -0.15) is 0 Å². The summed E-state index contributed by atoms with van der Waals surface area (Å²) in [5, 5.41) is 0. The van der Waals surface area contributed by atoms with Gasteiger partial charge in [-0.1, -0.05) is 12.1 Å². The van der Waals surface area contributed by atoms with E-state index in [4.69, 9.17) is 5.73 Å². The fraction of sp³-hybridized carbons (Fsp3) is 0.154. The Labute approximate surface area is 122 Å². The van der Waals surface area contributed by atoms with Crippen molar-refractivity contribution in [3.63, 3.8) is 0 Å². The Morgan fingerprint density at radius 3 is 2.79 bits per heavy atom. The molecule has 6 heteroatoms. The van der Waals surface area contributed by atoms with E-state index in [2.05, 4.69) is 20.7 Å². The first-order valence-corrected chi connectivity index (χ1v) is 6.99. The number of nitrogens with two attached hydrogens (primary N) is 1. The van der Waals surface area contributed by atoms with Crippen LogP contribution in [-0.2, 0) is 4.74 Å². The molecule has 3 nitrogen and oxygen atoms in total. The summed E-state index contributed by atoms with van der Waals surface area (Å²) in [4.78, 5) is 12.7. The van der Waals surface area contributed by atoms with Crippen LogP contribution in [0.4, 0.5) is 10.1 Å². The van der Waals surface area contributed by atoms with Gasteiger partial charge in [-0.05, 0) is 34.5 Å². The molecule has 0 radical (unpaired) electrons. The van der Waals surface area contributed by atoms with Crippen molar-refractivity contribution < 1.29 is 13.9 Å². The highest BCUT2D eigenvalue weighted by molar-refractivity contribution is 9.10. The number of methoxy groups -OCH3 is 1. The van der Waals surface area contributed by atoms with Gasteiger partial charge in [-0.3, -0.25) is 0 Å². The van der Waals surface area contributed by atoms with Crippen molar-refractivity contribution >= 4 is 38.9 Å². The van der Waals surface area contributed by atoms with Crippen LogP contribution >= 0.6 is 27.3 Å². The topological polar surface area (TPSA) is 52.3 Å². The highest BCUT2D eigenvalue weighted by Gasteiger charge is 2.21. The van der Waals surface area contributed by atoms with Crippen LogP contribution in [0.2, 0.25) is 0 Å². The van der Waals surface area contributed by atoms with Crippen molar-refractivity contribution in [2.24, 2.45) is 0 Å². The molecule has 0 aliphatic heterocycles. The molecule has 0 atom stereocenters. The lowest BCUT2D eigenvalue weighted by Gasteiger charge is -2.04. The van der Waals surface area contributed by atoms with E-state index in [9.17, 15) is 9.18 Å². The van der Waals surface area contributed by atoms with Crippen LogP contribution in [0, 0.1) is 12.7 Å². The van der Waals surface area contributed by atoms with Crippen LogP contribution < -0.4 is 5.73 Å². The second kappa shape index (κ2) is 5.30. The van der Waals surface area contributed by atoms with E-state index in [0.29, 0.717) is 20.6 Å². The molecule has 0 aliphatic carbocycles. The minimum absolute atomic E-state index is 0.339. The first-order valence-electron chi connectivity index (χ1n) is 5.39. The molecule has 1 aromatic carbocycles. The number of nitrogen functional groups attached to an aromatic ring is 1.